The molecule has 3 heteroatoms. The summed E-state index contributed by atoms with van der Waals surface area (Å²) in [7, 11) is 0. The molecule has 1 fully saturated rings. The highest BCUT2D eigenvalue weighted by atomic mass is 16.2. The van der Waals surface area contributed by atoms with Crippen molar-refractivity contribution < 1.29 is 4.79 Å². The molecule has 1 unspecified atom stereocenters. The van der Waals surface area contributed by atoms with Crippen molar-refractivity contribution in [1.82, 2.24) is 4.90 Å². The fourth-order valence-electron chi connectivity index (χ4n) is 2.31. The smallest absolute Gasteiger partial charge is 0.222 e. The molecule has 0 aliphatic carbocycles. The zero-order valence-electron chi connectivity index (χ0n) is 10.1. The van der Waals surface area contributed by atoms with Gasteiger partial charge in [-0.25, -0.2) is 0 Å². The van der Waals surface area contributed by atoms with Gasteiger partial charge >= 0.3 is 0 Å². The van der Waals surface area contributed by atoms with Crippen molar-refractivity contribution in [3.63, 3.8) is 0 Å². The van der Waals surface area contributed by atoms with Crippen LogP contribution in [0.3, 0.4) is 0 Å². The maximum absolute atomic E-state index is 12.0. The summed E-state index contributed by atoms with van der Waals surface area (Å²) < 4.78 is 0. The Balaban J connectivity index is 1.78. The molecule has 1 amide bonds. The van der Waals surface area contributed by atoms with E-state index in [1.807, 2.05) is 23.1 Å². The molecule has 1 aliphatic rings. The summed E-state index contributed by atoms with van der Waals surface area (Å²) in [6.07, 6.45) is 2.51. The lowest BCUT2D eigenvalue weighted by Gasteiger charge is -2.16. The Morgan fingerprint density at radius 3 is 2.76 bits per heavy atom. The van der Waals surface area contributed by atoms with Crippen LogP contribution in [0.4, 0.5) is 0 Å². The van der Waals surface area contributed by atoms with Crippen LogP contribution in [0, 0.1) is 5.92 Å². The first-order valence-electron chi connectivity index (χ1n) is 6.31. The van der Waals surface area contributed by atoms with Gasteiger partial charge in [0.1, 0.15) is 0 Å². The fraction of sp³-hybridized carbons (Fsp3) is 0.500. The zero-order valence-corrected chi connectivity index (χ0v) is 10.1. The molecule has 3 nitrogen and oxygen atoms in total. The van der Waals surface area contributed by atoms with E-state index in [0.717, 1.165) is 25.9 Å². The Morgan fingerprint density at radius 1 is 1.35 bits per heavy atom. The van der Waals surface area contributed by atoms with E-state index >= 15 is 0 Å². The maximum Gasteiger partial charge on any atom is 0.222 e. The highest BCUT2D eigenvalue weighted by Gasteiger charge is 2.24. The number of hydrogen-bond donors (Lipinski definition) is 1. The number of aryl methyl sites for hydroxylation is 1. The van der Waals surface area contributed by atoms with Crippen LogP contribution < -0.4 is 5.73 Å². The second kappa shape index (κ2) is 5.82. The number of rotatable bonds is 4. The Labute approximate surface area is 103 Å². The number of carbonyl (C=O) groups excluding carboxylic acids is 1. The van der Waals surface area contributed by atoms with Gasteiger partial charge in [0, 0.05) is 19.5 Å². The number of benzene rings is 1. The van der Waals surface area contributed by atoms with E-state index < -0.39 is 0 Å². The number of hydrogen-bond acceptors (Lipinski definition) is 2. The van der Waals surface area contributed by atoms with Gasteiger partial charge in [0.2, 0.25) is 5.91 Å². The number of amides is 1. The molecule has 1 heterocycles. The van der Waals surface area contributed by atoms with E-state index in [1.165, 1.54) is 5.56 Å². The predicted octanol–water partition coefficient (Wildman–Crippen LogP) is 1.43. The number of carbonyl (C=O) groups is 1. The first-order chi connectivity index (χ1) is 8.29. The zero-order chi connectivity index (χ0) is 12.1. The lowest BCUT2D eigenvalue weighted by molar-refractivity contribution is -0.130. The second-order valence-corrected chi connectivity index (χ2v) is 4.72. The lowest BCUT2D eigenvalue weighted by atomic mass is 10.1. The van der Waals surface area contributed by atoms with Crippen molar-refractivity contribution >= 4 is 5.91 Å². The average molecular weight is 232 g/mol. The Hall–Kier alpha value is -1.35. The van der Waals surface area contributed by atoms with Crippen molar-refractivity contribution in [2.24, 2.45) is 11.7 Å². The van der Waals surface area contributed by atoms with Gasteiger partial charge in [0.15, 0.2) is 0 Å². The van der Waals surface area contributed by atoms with Gasteiger partial charge in [0.25, 0.3) is 0 Å². The second-order valence-electron chi connectivity index (χ2n) is 4.72. The van der Waals surface area contributed by atoms with E-state index in [4.69, 9.17) is 5.73 Å². The third-order valence-electron chi connectivity index (χ3n) is 3.44. The Kier molecular flexibility index (Phi) is 4.15. The standard InChI is InChI=1S/C14H20N2O/c15-10-13-8-9-16(11-13)14(17)7-6-12-4-2-1-3-5-12/h1-5,13H,6-11,15H2. The third kappa shape index (κ3) is 3.30. The minimum atomic E-state index is 0.268. The molecule has 2 rings (SSSR count). The van der Waals surface area contributed by atoms with Gasteiger partial charge in [0.05, 0.1) is 0 Å². The number of nitrogens with two attached hydrogens (primary N) is 1. The van der Waals surface area contributed by atoms with Crippen LogP contribution in [0.1, 0.15) is 18.4 Å². The van der Waals surface area contributed by atoms with Gasteiger partial charge in [-0.1, -0.05) is 30.3 Å². The normalized spacial score (nSPS) is 19.6. The minimum absolute atomic E-state index is 0.268. The SMILES string of the molecule is NCC1CCN(C(=O)CCc2ccccc2)C1. The highest BCUT2D eigenvalue weighted by molar-refractivity contribution is 5.76. The Bertz CT molecular complexity index is 364. The third-order valence-corrected chi connectivity index (χ3v) is 3.44. The van der Waals surface area contributed by atoms with Gasteiger partial charge in [-0.05, 0) is 30.9 Å². The van der Waals surface area contributed by atoms with Gasteiger partial charge in [-0.15, -0.1) is 0 Å². The van der Waals surface area contributed by atoms with Gasteiger partial charge < -0.3 is 10.6 Å². The highest BCUT2D eigenvalue weighted by Crippen LogP contribution is 2.16. The number of nitrogens with zero attached hydrogens (tertiary/aromatic N) is 1. The Morgan fingerprint density at radius 2 is 2.12 bits per heavy atom. The van der Waals surface area contributed by atoms with E-state index in [0.29, 0.717) is 18.9 Å². The first-order valence-corrected chi connectivity index (χ1v) is 6.31. The molecule has 0 radical (unpaired) electrons. The molecule has 1 aromatic carbocycles. The van der Waals surface area contributed by atoms with Gasteiger partial charge in [-0.2, -0.15) is 0 Å². The summed E-state index contributed by atoms with van der Waals surface area (Å²) in [6.45, 7) is 2.43. The molecule has 92 valence electrons. The van der Waals surface area contributed by atoms with Crippen LogP contribution in [0.15, 0.2) is 30.3 Å². The summed E-state index contributed by atoms with van der Waals surface area (Å²) in [5.41, 5.74) is 6.86. The van der Waals surface area contributed by atoms with Crippen LogP contribution in [0.5, 0.6) is 0 Å². The van der Waals surface area contributed by atoms with E-state index in [1.54, 1.807) is 0 Å². The van der Waals surface area contributed by atoms with E-state index in [-0.39, 0.29) is 5.91 Å². The molecule has 1 aliphatic heterocycles. The van der Waals surface area contributed by atoms with E-state index in [2.05, 4.69) is 12.1 Å². The summed E-state index contributed by atoms with van der Waals surface area (Å²) in [4.78, 5) is 13.9. The fourth-order valence-corrected chi connectivity index (χ4v) is 2.31. The molecule has 2 N–H and O–H groups in total. The largest absolute Gasteiger partial charge is 0.342 e. The summed E-state index contributed by atoms with van der Waals surface area (Å²) in [5, 5.41) is 0. The van der Waals surface area contributed by atoms with Crippen molar-refractivity contribution in [2.75, 3.05) is 19.6 Å². The van der Waals surface area contributed by atoms with Crippen LogP contribution >= 0.6 is 0 Å². The molecule has 1 atom stereocenters. The molecule has 1 saturated heterocycles. The van der Waals surface area contributed by atoms with Crippen LogP contribution in [0.25, 0.3) is 0 Å². The van der Waals surface area contributed by atoms with Crippen molar-refractivity contribution in [2.45, 2.75) is 19.3 Å². The van der Waals surface area contributed by atoms with Crippen LogP contribution in [0.2, 0.25) is 0 Å². The van der Waals surface area contributed by atoms with E-state index in [9.17, 15) is 4.79 Å². The van der Waals surface area contributed by atoms with Crippen LogP contribution in [-0.4, -0.2) is 30.4 Å². The van der Waals surface area contributed by atoms with Crippen molar-refractivity contribution in [1.29, 1.82) is 0 Å². The molecule has 0 bridgehead atoms. The average Bonchev–Trinajstić information content (AvgIpc) is 2.86. The summed E-state index contributed by atoms with van der Waals surface area (Å²) in [5.74, 6) is 0.778. The quantitative estimate of drug-likeness (QED) is 0.853. The molecule has 0 spiro atoms. The maximum atomic E-state index is 12.0. The molecular weight excluding hydrogens is 212 g/mol. The predicted molar refractivity (Wildman–Crippen MR) is 68.5 cm³/mol. The molecule has 1 aromatic rings. The summed E-state index contributed by atoms with van der Waals surface area (Å²) >= 11 is 0. The molecule has 0 aromatic heterocycles. The minimum Gasteiger partial charge on any atom is -0.342 e. The van der Waals surface area contributed by atoms with Crippen LogP contribution in [-0.2, 0) is 11.2 Å². The lowest BCUT2D eigenvalue weighted by Crippen LogP contribution is -2.29. The topological polar surface area (TPSA) is 46.3 Å². The monoisotopic (exact) mass is 232 g/mol. The number of likely N-dealkylation sites (tertiary alicyclic amines) is 1. The van der Waals surface area contributed by atoms with Gasteiger partial charge in [-0.3, -0.25) is 4.79 Å². The summed E-state index contributed by atoms with van der Waals surface area (Å²) in [6, 6.07) is 10.2. The first kappa shape index (κ1) is 12.1. The van der Waals surface area contributed by atoms with Crippen molar-refractivity contribution in [3.05, 3.63) is 35.9 Å². The van der Waals surface area contributed by atoms with Crippen molar-refractivity contribution in [3.8, 4) is 0 Å². The molecule has 0 saturated carbocycles. The molecule has 17 heavy (non-hydrogen) atoms. The molecular formula is C14H20N2O.